The molecule has 0 radical (unpaired) electrons. The Morgan fingerprint density at radius 1 is 1.45 bits per heavy atom. The zero-order valence-corrected chi connectivity index (χ0v) is 11.9. The molecule has 110 valence electrons. The first-order chi connectivity index (χ1) is 9.32. The smallest absolute Gasteiger partial charge is 0.269 e. The van der Waals surface area contributed by atoms with Crippen molar-refractivity contribution in [3.05, 3.63) is 39.9 Å². The number of non-ortho nitro benzene ring substituents is 1. The summed E-state index contributed by atoms with van der Waals surface area (Å²) in [4.78, 5) is 24.0. The molecule has 1 amide bonds. The summed E-state index contributed by atoms with van der Waals surface area (Å²) < 4.78 is 0. The zero-order valence-electron chi connectivity index (χ0n) is 11.9. The summed E-state index contributed by atoms with van der Waals surface area (Å²) in [6.07, 6.45) is 0.0440. The Morgan fingerprint density at radius 3 is 2.65 bits per heavy atom. The molecule has 6 nitrogen and oxygen atoms in total. The van der Waals surface area contributed by atoms with Crippen molar-refractivity contribution in [3.8, 4) is 0 Å². The van der Waals surface area contributed by atoms with Gasteiger partial charge in [-0.1, -0.05) is 12.1 Å². The summed E-state index contributed by atoms with van der Waals surface area (Å²) in [5.74, 6) is -0.569. The number of rotatable bonds is 6. The van der Waals surface area contributed by atoms with Crippen LogP contribution in [0.5, 0.6) is 0 Å². The van der Waals surface area contributed by atoms with Crippen molar-refractivity contribution >= 4 is 11.6 Å². The fourth-order valence-electron chi connectivity index (χ4n) is 1.87. The number of nitrogens with zero attached hydrogens (tertiary/aromatic N) is 2. The highest BCUT2D eigenvalue weighted by molar-refractivity contribution is 5.83. The van der Waals surface area contributed by atoms with Gasteiger partial charge in [0.1, 0.15) is 0 Å². The average molecular weight is 280 g/mol. The molecule has 0 heterocycles. The van der Waals surface area contributed by atoms with E-state index < -0.39 is 16.9 Å². The molecule has 0 bridgehead atoms. The second-order valence-electron chi connectivity index (χ2n) is 4.97. The molecular weight excluding hydrogens is 260 g/mol. The Morgan fingerprint density at radius 2 is 2.10 bits per heavy atom. The molecule has 0 aliphatic carbocycles. The van der Waals surface area contributed by atoms with Crippen molar-refractivity contribution in [2.75, 3.05) is 13.6 Å². The molecule has 0 aliphatic rings. The monoisotopic (exact) mass is 280 g/mol. The minimum atomic E-state index is -0.474. The molecule has 0 fully saturated rings. The normalized spacial score (nSPS) is 13.6. The maximum atomic E-state index is 12.2. The van der Waals surface area contributed by atoms with Gasteiger partial charge in [-0.15, -0.1) is 0 Å². The number of aliphatic hydroxyl groups excluding tert-OH is 1. The maximum absolute atomic E-state index is 12.2. The average Bonchev–Trinajstić information content (AvgIpc) is 2.43. The minimum Gasteiger partial charge on any atom is -0.393 e. The van der Waals surface area contributed by atoms with Gasteiger partial charge in [0.15, 0.2) is 0 Å². The van der Waals surface area contributed by atoms with Crippen LogP contribution in [0, 0.1) is 10.1 Å². The van der Waals surface area contributed by atoms with E-state index in [1.54, 1.807) is 33.0 Å². The van der Waals surface area contributed by atoms with E-state index in [1.165, 1.54) is 17.0 Å². The van der Waals surface area contributed by atoms with E-state index in [2.05, 4.69) is 0 Å². The number of benzene rings is 1. The quantitative estimate of drug-likeness (QED) is 0.637. The molecular formula is C14H20N2O4. The highest BCUT2D eigenvalue weighted by Gasteiger charge is 2.21. The van der Waals surface area contributed by atoms with Crippen molar-refractivity contribution in [2.24, 2.45) is 0 Å². The number of hydrogen-bond acceptors (Lipinski definition) is 4. The summed E-state index contributed by atoms with van der Waals surface area (Å²) in [6, 6.07) is 6.11. The first-order valence-electron chi connectivity index (χ1n) is 6.50. The van der Waals surface area contributed by atoms with Crippen LogP contribution in [0.2, 0.25) is 0 Å². The van der Waals surface area contributed by atoms with E-state index in [0.717, 1.165) is 0 Å². The number of nitro groups is 1. The summed E-state index contributed by atoms with van der Waals surface area (Å²) >= 11 is 0. The van der Waals surface area contributed by atoms with Gasteiger partial charge in [-0.2, -0.15) is 0 Å². The molecule has 1 aromatic rings. The van der Waals surface area contributed by atoms with E-state index in [4.69, 9.17) is 0 Å². The van der Waals surface area contributed by atoms with E-state index >= 15 is 0 Å². The molecule has 0 saturated heterocycles. The summed E-state index contributed by atoms with van der Waals surface area (Å²) in [5.41, 5.74) is 0.599. The Labute approximate surface area is 118 Å². The van der Waals surface area contributed by atoms with Gasteiger partial charge in [0.05, 0.1) is 16.9 Å². The molecule has 20 heavy (non-hydrogen) atoms. The van der Waals surface area contributed by atoms with Gasteiger partial charge in [0.25, 0.3) is 5.69 Å². The van der Waals surface area contributed by atoms with Crippen LogP contribution >= 0.6 is 0 Å². The molecule has 0 aromatic heterocycles. The predicted octanol–water partition coefficient (Wildman–Crippen LogP) is 1.93. The van der Waals surface area contributed by atoms with Gasteiger partial charge in [-0.3, -0.25) is 14.9 Å². The van der Waals surface area contributed by atoms with Crippen molar-refractivity contribution in [3.63, 3.8) is 0 Å². The highest BCUT2D eigenvalue weighted by atomic mass is 16.6. The topological polar surface area (TPSA) is 83.7 Å². The third-order valence-electron chi connectivity index (χ3n) is 3.21. The Hall–Kier alpha value is -1.95. The van der Waals surface area contributed by atoms with E-state index in [1.807, 2.05) is 0 Å². The van der Waals surface area contributed by atoms with Crippen LogP contribution in [0.25, 0.3) is 0 Å². The zero-order chi connectivity index (χ0) is 15.3. The van der Waals surface area contributed by atoms with E-state index in [-0.39, 0.29) is 11.6 Å². The molecule has 2 atom stereocenters. The Balaban J connectivity index is 2.78. The molecule has 1 N–H and O–H groups in total. The standard InChI is InChI=1S/C14H20N2O4/c1-10(17)7-8-15(3)14(18)11(2)12-5-4-6-13(9-12)16(19)20/h4-6,9-11,17H,7-8H2,1-3H3. The number of aliphatic hydroxyl groups is 1. The molecule has 2 unspecified atom stereocenters. The van der Waals surface area contributed by atoms with E-state index in [0.29, 0.717) is 18.5 Å². The van der Waals surface area contributed by atoms with Crippen molar-refractivity contribution in [2.45, 2.75) is 32.3 Å². The molecule has 6 heteroatoms. The van der Waals surface area contributed by atoms with Gasteiger partial charge in [0.2, 0.25) is 5.91 Å². The molecule has 0 saturated carbocycles. The summed E-state index contributed by atoms with van der Waals surface area (Å²) in [6.45, 7) is 3.85. The second kappa shape index (κ2) is 7.00. The Kier molecular flexibility index (Phi) is 5.64. The fraction of sp³-hybridized carbons (Fsp3) is 0.500. The van der Waals surface area contributed by atoms with Gasteiger partial charge in [-0.05, 0) is 25.8 Å². The largest absolute Gasteiger partial charge is 0.393 e. The second-order valence-corrected chi connectivity index (χ2v) is 4.97. The third-order valence-corrected chi connectivity index (χ3v) is 3.21. The van der Waals surface area contributed by atoms with Crippen LogP contribution in [-0.4, -0.2) is 40.5 Å². The summed E-state index contributed by atoms with van der Waals surface area (Å²) in [7, 11) is 1.67. The first kappa shape index (κ1) is 16.1. The summed E-state index contributed by atoms with van der Waals surface area (Å²) in [5, 5.41) is 20.0. The number of carbonyl (C=O) groups excluding carboxylic acids is 1. The van der Waals surface area contributed by atoms with Crippen molar-refractivity contribution in [1.29, 1.82) is 0 Å². The fourth-order valence-corrected chi connectivity index (χ4v) is 1.87. The lowest BCUT2D eigenvalue weighted by Crippen LogP contribution is -2.32. The van der Waals surface area contributed by atoms with Crippen LogP contribution in [0.1, 0.15) is 31.7 Å². The SMILES string of the molecule is CC(O)CCN(C)C(=O)C(C)c1cccc([N+](=O)[O-])c1. The van der Waals surface area contributed by atoms with Gasteiger partial charge in [0, 0.05) is 25.7 Å². The highest BCUT2D eigenvalue weighted by Crippen LogP contribution is 2.22. The molecule has 1 aromatic carbocycles. The number of hydrogen-bond donors (Lipinski definition) is 1. The predicted molar refractivity (Wildman–Crippen MR) is 75.4 cm³/mol. The molecule has 0 spiro atoms. The number of amides is 1. The third kappa shape index (κ3) is 4.31. The van der Waals surface area contributed by atoms with Crippen molar-refractivity contribution in [1.82, 2.24) is 4.90 Å². The lowest BCUT2D eigenvalue weighted by molar-refractivity contribution is -0.384. The van der Waals surface area contributed by atoms with Gasteiger partial charge < -0.3 is 10.0 Å². The molecule has 0 aliphatic heterocycles. The van der Waals surface area contributed by atoms with Gasteiger partial charge in [-0.25, -0.2) is 0 Å². The van der Waals surface area contributed by atoms with Gasteiger partial charge >= 0.3 is 0 Å². The van der Waals surface area contributed by atoms with Crippen LogP contribution < -0.4 is 0 Å². The van der Waals surface area contributed by atoms with Crippen LogP contribution in [-0.2, 0) is 4.79 Å². The van der Waals surface area contributed by atoms with E-state index in [9.17, 15) is 20.0 Å². The number of nitro benzene ring substituents is 1. The Bertz CT molecular complexity index is 488. The maximum Gasteiger partial charge on any atom is 0.269 e. The minimum absolute atomic E-state index is 0.0196. The first-order valence-corrected chi connectivity index (χ1v) is 6.50. The molecule has 1 rings (SSSR count). The number of likely N-dealkylation sites (N-methyl/N-ethyl adjacent to an activating group) is 1. The van der Waals surface area contributed by atoms with Crippen LogP contribution in [0.15, 0.2) is 24.3 Å². The lowest BCUT2D eigenvalue weighted by atomic mass is 9.99. The number of carbonyl (C=O) groups is 1. The lowest BCUT2D eigenvalue weighted by Gasteiger charge is -2.22. The van der Waals surface area contributed by atoms with Crippen LogP contribution in [0.3, 0.4) is 0 Å². The van der Waals surface area contributed by atoms with Crippen LogP contribution in [0.4, 0.5) is 5.69 Å². The van der Waals surface area contributed by atoms with Crippen molar-refractivity contribution < 1.29 is 14.8 Å².